The molecule has 0 aliphatic heterocycles. The number of nitrogens with one attached hydrogen (secondary N) is 1. The molecule has 0 aromatic heterocycles. The van der Waals surface area contributed by atoms with E-state index in [-0.39, 0.29) is 12.1 Å². The molecule has 1 rings (SSSR count). The Bertz CT molecular complexity index is 398. The second kappa shape index (κ2) is 9.03. The first-order valence-electron chi connectivity index (χ1n) is 7.41. The van der Waals surface area contributed by atoms with E-state index >= 15 is 0 Å². The van der Waals surface area contributed by atoms with Crippen molar-refractivity contribution in [1.82, 2.24) is 5.32 Å². The zero-order valence-corrected chi connectivity index (χ0v) is 12.6. The van der Waals surface area contributed by atoms with Gasteiger partial charge in [-0.2, -0.15) is 0 Å². The molecule has 1 N–H and O–H groups in total. The maximum atomic E-state index is 13.8. The molecule has 4 heteroatoms. The van der Waals surface area contributed by atoms with Crippen LogP contribution in [0, 0.1) is 11.6 Å². The molecular weight excluding hydrogens is 260 g/mol. The summed E-state index contributed by atoms with van der Waals surface area (Å²) < 4.78 is 32.8. The summed E-state index contributed by atoms with van der Waals surface area (Å²) in [5, 5.41) is 3.39. The molecular formula is C16H25F2NO. The Kier molecular flexibility index (Phi) is 7.70. The highest BCUT2D eigenvalue weighted by molar-refractivity contribution is 5.20. The van der Waals surface area contributed by atoms with Gasteiger partial charge in [-0.1, -0.05) is 26.0 Å². The smallest absolute Gasteiger partial charge is 0.162 e. The van der Waals surface area contributed by atoms with Crippen molar-refractivity contribution in [2.75, 3.05) is 13.2 Å². The molecule has 1 aromatic rings. The van der Waals surface area contributed by atoms with Gasteiger partial charge in [-0.25, -0.2) is 8.78 Å². The van der Waals surface area contributed by atoms with Gasteiger partial charge in [0.15, 0.2) is 11.6 Å². The Hall–Kier alpha value is -1.00. The fraction of sp³-hybridized carbons (Fsp3) is 0.625. The van der Waals surface area contributed by atoms with Crippen LogP contribution in [0.1, 0.15) is 39.2 Å². The van der Waals surface area contributed by atoms with Gasteiger partial charge < -0.3 is 10.1 Å². The lowest BCUT2D eigenvalue weighted by Crippen LogP contribution is -2.43. The number of hydrogen-bond acceptors (Lipinski definition) is 2. The summed E-state index contributed by atoms with van der Waals surface area (Å²) in [4.78, 5) is 0. The van der Waals surface area contributed by atoms with E-state index in [2.05, 4.69) is 12.2 Å². The molecule has 0 heterocycles. The Morgan fingerprint density at radius 1 is 1.20 bits per heavy atom. The van der Waals surface area contributed by atoms with Gasteiger partial charge >= 0.3 is 0 Å². The molecule has 20 heavy (non-hydrogen) atoms. The molecule has 2 nitrogen and oxygen atoms in total. The first kappa shape index (κ1) is 17.1. The predicted molar refractivity (Wildman–Crippen MR) is 77.8 cm³/mol. The standard InChI is InChI=1S/C16H25F2NO/c1-4-10-19-14(15(5-2)20-6-3)11-12-8-7-9-13(17)16(12)18/h7-9,14-15,19H,4-6,10-11H2,1-3H3. The molecule has 2 unspecified atom stereocenters. The van der Waals surface area contributed by atoms with Crippen LogP contribution in [0.25, 0.3) is 0 Å². The summed E-state index contributed by atoms with van der Waals surface area (Å²) >= 11 is 0. The lowest BCUT2D eigenvalue weighted by molar-refractivity contribution is 0.0317. The molecule has 0 saturated carbocycles. The van der Waals surface area contributed by atoms with Crippen molar-refractivity contribution in [1.29, 1.82) is 0 Å². The first-order chi connectivity index (χ1) is 9.63. The van der Waals surface area contributed by atoms with E-state index in [9.17, 15) is 8.78 Å². The van der Waals surface area contributed by atoms with E-state index in [1.165, 1.54) is 0 Å². The van der Waals surface area contributed by atoms with E-state index < -0.39 is 11.6 Å². The molecule has 0 radical (unpaired) electrons. The maximum Gasteiger partial charge on any atom is 0.162 e. The summed E-state index contributed by atoms with van der Waals surface area (Å²) in [7, 11) is 0. The fourth-order valence-corrected chi connectivity index (χ4v) is 2.34. The van der Waals surface area contributed by atoms with Crippen LogP contribution in [0.4, 0.5) is 8.78 Å². The van der Waals surface area contributed by atoms with Gasteiger partial charge in [0.05, 0.1) is 6.10 Å². The molecule has 0 bridgehead atoms. The van der Waals surface area contributed by atoms with Gasteiger partial charge in [0, 0.05) is 12.6 Å². The minimum Gasteiger partial charge on any atom is -0.377 e. The Balaban J connectivity index is 2.84. The average Bonchev–Trinajstić information content (AvgIpc) is 2.45. The second-order valence-corrected chi connectivity index (χ2v) is 4.88. The lowest BCUT2D eigenvalue weighted by Gasteiger charge is -2.27. The second-order valence-electron chi connectivity index (χ2n) is 4.88. The third-order valence-electron chi connectivity index (χ3n) is 3.36. The van der Waals surface area contributed by atoms with Gasteiger partial charge in [0.25, 0.3) is 0 Å². The maximum absolute atomic E-state index is 13.8. The minimum atomic E-state index is -0.791. The normalized spacial score (nSPS) is 14.2. The number of ether oxygens (including phenoxy) is 1. The molecule has 0 aliphatic carbocycles. The van der Waals surface area contributed by atoms with Crippen LogP contribution in [0.2, 0.25) is 0 Å². The third-order valence-corrected chi connectivity index (χ3v) is 3.36. The summed E-state index contributed by atoms with van der Waals surface area (Å²) in [6.07, 6.45) is 2.27. The zero-order valence-electron chi connectivity index (χ0n) is 12.6. The molecule has 0 spiro atoms. The van der Waals surface area contributed by atoms with E-state index in [1.807, 2.05) is 13.8 Å². The highest BCUT2D eigenvalue weighted by atomic mass is 19.2. The molecule has 0 saturated heterocycles. The van der Waals surface area contributed by atoms with Crippen molar-refractivity contribution < 1.29 is 13.5 Å². The number of rotatable bonds is 9. The molecule has 2 atom stereocenters. The summed E-state index contributed by atoms with van der Waals surface area (Å²) in [6.45, 7) is 7.53. The quantitative estimate of drug-likeness (QED) is 0.747. The Labute approximate surface area is 120 Å². The van der Waals surface area contributed by atoms with Gasteiger partial charge in [-0.15, -0.1) is 0 Å². The van der Waals surface area contributed by atoms with Gasteiger partial charge in [0.2, 0.25) is 0 Å². The van der Waals surface area contributed by atoms with Gasteiger partial charge in [0.1, 0.15) is 0 Å². The van der Waals surface area contributed by atoms with Crippen LogP contribution in [0.5, 0.6) is 0 Å². The Morgan fingerprint density at radius 2 is 1.95 bits per heavy atom. The largest absolute Gasteiger partial charge is 0.377 e. The fourth-order valence-electron chi connectivity index (χ4n) is 2.34. The van der Waals surface area contributed by atoms with E-state index in [1.54, 1.807) is 12.1 Å². The first-order valence-corrected chi connectivity index (χ1v) is 7.41. The molecule has 0 aliphatic rings. The van der Waals surface area contributed by atoms with Crippen LogP contribution in [-0.4, -0.2) is 25.3 Å². The summed E-state index contributed by atoms with van der Waals surface area (Å²) in [6, 6.07) is 4.33. The summed E-state index contributed by atoms with van der Waals surface area (Å²) in [5.74, 6) is -1.54. The number of hydrogen-bond donors (Lipinski definition) is 1. The zero-order chi connectivity index (χ0) is 15.0. The average molecular weight is 285 g/mol. The molecule has 114 valence electrons. The highest BCUT2D eigenvalue weighted by Crippen LogP contribution is 2.16. The predicted octanol–water partition coefficient (Wildman–Crippen LogP) is 3.69. The van der Waals surface area contributed by atoms with Crippen molar-refractivity contribution >= 4 is 0 Å². The van der Waals surface area contributed by atoms with Gasteiger partial charge in [-0.05, 0) is 44.4 Å². The van der Waals surface area contributed by atoms with Crippen molar-refractivity contribution in [2.45, 2.75) is 52.2 Å². The van der Waals surface area contributed by atoms with Crippen LogP contribution in [-0.2, 0) is 11.2 Å². The minimum absolute atomic E-state index is 0.00352. The number of halogens is 2. The SMILES string of the molecule is CCCNC(Cc1cccc(F)c1F)C(CC)OCC. The van der Waals surface area contributed by atoms with Crippen molar-refractivity contribution in [3.8, 4) is 0 Å². The van der Waals surface area contributed by atoms with Gasteiger partial charge in [-0.3, -0.25) is 0 Å². The lowest BCUT2D eigenvalue weighted by atomic mass is 9.98. The van der Waals surface area contributed by atoms with Crippen LogP contribution < -0.4 is 5.32 Å². The van der Waals surface area contributed by atoms with E-state index in [4.69, 9.17) is 4.74 Å². The summed E-state index contributed by atoms with van der Waals surface area (Å²) in [5.41, 5.74) is 0.400. The van der Waals surface area contributed by atoms with Crippen molar-refractivity contribution in [2.24, 2.45) is 0 Å². The Morgan fingerprint density at radius 3 is 2.55 bits per heavy atom. The van der Waals surface area contributed by atoms with Crippen molar-refractivity contribution in [3.63, 3.8) is 0 Å². The molecule has 1 aromatic carbocycles. The topological polar surface area (TPSA) is 21.3 Å². The molecule has 0 amide bonds. The van der Waals surface area contributed by atoms with Crippen LogP contribution >= 0.6 is 0 Å². The highest BCUT2D eigenvalue weighted by Gasteiger charge is 2.22. The molecule has 0 fully saturated rings. The van der Waals surface area contributed by atoms with Crippen LogP contribution in [0.3, 0.4) is 0 Å². The van der Waals surface area contributed by atoms with E-state index in [0.29, 0.717) is 18.6 Å². The van der Waals surface area contributed by atoms with E-state index in [0.717, 1.165) is 25.5 Å². The van der Waals surface area contributed by atoms with Crippen LogP contribution in [0.15, 0.2) is 18.2 Å². The third kappa shape index (κ3) is 4.84. The number of benzene rings is 1. The monoisotopic (exact) mass is 285 g/mol. The van der Waals surface area contributed by atoms with Crippen molar-refractivity contribution in [3.05, 3.63) is 35.4 Å².